The van der Waals surface area contributed by atoms with Crippen LogP contribution in [0.2, 0.25) is 0 Å². The van der Waals surface area contributed by atoms with Crippen molar-refractivity contribution in [2.24, 2.45) is 0 Å². The topological polar surface area (TPSA) is 118 Å². The van der Waals surface area contributed by atoms with Crippen molar-refractivity contribution in [3.63, 3.8) is 0 Å². The lowest BCUT2D eigenvalue weighted by Crippen LogP contribution is -2.69. The summed E-state index contributed by atoms with van der Waals surface area (Å²) in [4.78, 5) is 50.7. The predicted molar refractivity (Wildman–Crippen MR) is 106 cm³/mol. The molecule has 1 aromatic carbocycles. The summed E-state index contributed by atoms with van der Waals surface area (Å²) in [6.45, 7) is -0.301. The fourth-order valence-electron chi connectivity index (χ4n) is 4.14. The Morgan fingerprint density at radius 3 is 2.25 bits per heavy atom. The monoisotopic (exact) mass is 443 g/mol. The molecule has 1 fully saturated rings. The zero-order chi connectivity index (χ0) is 23.0. The summed E-state index contributed by atoms with van der Waals surface area (Å²) < 4.78 is 26.1. The molecule has 0 aromatic heterocycles. The smallest absolute Gasteiger partial charge is 0.337 e. The second-order valence-corrected chi connectivity index (χ2v) is 7.25. The highest BCUT2D eigenvalue weighted by atomic mass is 16.6. The van der Waals surface area contributed by atoms with Gasteiger partial charge in [-0.1, -0.05) is 18.2 Å². The molecule has 0 N–H and O–H groups in total. The van der Waals surface area contributed by atoms with E-state index in [0.717, 1.165) is 0 Å². The Kier molecular flexibility index (Phi) is 5.70. The van der Waals surface area contributed by atoms with E-state index in [4.69, 9.17) is 23.7 Å². The van der Waals surface area contributed by atoms with E-state index in [1.54, 1.807) is 30.3 Å². The second-order valence-electron chi connectivity index (χ2n) is 7.25. The number of fused-ring (bicyclic) bond motifs is 2. The van der Waals surface area contributed by atoms with E-state index in [1.165, 1.54) is 26.2 Å². The van der Waals surface area contributed by atoms with Gasteiger partial charge < -0.3 is 28.6 Å². The molecule has 1 aromatic rings. The van der Waals surface area contributed by atoms with Crippen molar-refractivity contribution in [2.45, 2.75) is 24.4 Å². The van der Waals surface area contributed by atoms with Crippen LogP contribution in [0.3, 0.4) is 0 Å². The molecule has 0 spiro atoms. The Bertz CT molecular complexity index is 1030. The molecule has 0 radical (unpaired) electrons. The number of hydrogen-bond acceptors (Lipinski definition) is 9. The fraction of sp³-hybridized carbons (Fsp3) is 0.364. The molecule has 10 nitrogen and oxygen atoms in total. The zero-order valence-electron chi connectivity index (χ0n) is 17.6. The molecular formula is C22H21NO9. The van der Waals surface area contributed by atoms with E-state index in [-0.39, 0.29) is 17.7 Å². The first-order chi connectivity index (χ1) is 15.4. The third-order valence-electron chi connectivity index (χ3n) is 5.60. The summed E-state index contributed by atoms with van der Waals surface area (Å²) in [5.74, 6) is -2.00. The fourth-order valence-corrected chi connectivity index (χ4v) is 4.14. The third-order valence-corrected chi connectivity index (χ3v) is 5.60. The number of para-hydroxylation sites is 1. The highest BCUT2D eigenvalue weighted by Crippen LogP contribution is 2.45. The number of ether oxygens (including phenoxy) is 5. The molecule has 0 saturated carbocycles. The molecule has 10 heteroatoms. The Morgan fingerprint density at radius 2 is 1.62 bits per heavy atom. The van der Waals surface area contributed by atoms with Crippen molar-refractivity contribution in [3.8, 4) is 5.75 Å². The van der Waals surface area contributed by atoms with E-state index >= 15 is 0 Å². The number of carbonyl (C=O) groups is 4. The number of esters is 3. The number of β-lactam (4-membered cyclic amide) rings is 1. The molecule has 1 saturated heterocycles. The first kappa shape index (κ1) is 21.6. The summed E-state index contributed by atoms with van der Waals surface area (Å²) in [5.41, 5.74) is 0.587. The summed E-state index contributed by atoms with van der Waals surface area (Å²) in [6, 6.07) is 8.03. The van der Waals surface area contributed by atoms with Gasteiger partial charge in [-0.15, -0.1) is 0 Å². The average Bonchev–Trinajstić information content (AvgIpc) is 3.40. The first-order valence-corrected chi connectivity index (χ1v) is 9.78. The van der Waals surface area contributed by atoms with Crippen LogP contribution >= 0.6 is 0 Å². The van der Waals surface area contributed by atoms with Gasteiger partial charge in [-0.25, -0.2) is 9.59 Å². The highest BCUT2D eigenvalue weighted by molar-refractivity contribution is 6.05. The number of likely N-dealkylation sites (tertiary alicyclic amines) is 1. The average molecular weight is 443 g/mol. The van der Waals surface area contributed by atoms with Crippen molar-refractivity contribution in [1.29, 1.82) is 0 Å². The number of rotatable bonds is 7. The third kappa shape index (κ3) is 3.42. The number of hydrogen-bond donors (Lipinski definition) is 0. The van der Waals surface area contributed by atoms with E-state index < -0.39 is 48.2 Å². The summed E-state index contributed by atoms with van der Waals surface area (Å²) in [7, 11) is 3.62. The Balaban J connectivity index is 1.67. The van der Waals surface area contributed by atoms with Crippen LogP contribution in [0.25, 0.3) is 0 Å². The number of benzene rings is 1. The lowest BCUT2D eigenvalue weighted by atomic mass is 9.81. The largest absolute Gasteiger partial charge is 0.478 e. The Labute approximate surface area is 183 Å². The van der Waals surface area contributed by atoms with Gasteiger partial charge in [0.15, 0.2) is 0 Å². The molecule has 32 heavy (non-hydrogen) atoms. The molecule has 4 atom stereocenters. The minimum atomic E-state index is -0.947. The SMILES string of the molecule is COC(=O)CN1C(=O)[C@H](Oc2ccccc2)[C@@H]1C1=C[C@H]2O[C@@H]1C(C(=O)OC)=C2C(=O)OC. The molecule has 2 bridgehead atoms. The number of carbonyl (C=O) groups excluding carboxylic acids is 4. The van der Waals surface area contributed by atoms with Crippen molar-refractivity contribution in [1.82, 2.24) is 4.90 Å². The van der Waals surface area contributed by atoms with Crippen molar-refractivity contribution < 1.29 is 42.9 Å². The number of amides is 1. The van der Waals surface area contributed by atoms with Crippen LogP contribution in [0.1, 0.15) is 0 Å². The number of methoxy groups -OCH3 is 3. The quantitative estimate of drug-likeness (QED) is 0.251. The van der Waals surface area contributed by atoms with Crippen LogP contribution in [0.5, 0.6) is 5.75 Å². The molecule has 4 rings (SSSR count). The standard InChI is InChI=1S/C22H21NO9/c1-28-14(24)10-23-17(19(20(23)25)31-11-7-5-4-6-8-11)12-9-13-15(21(26)29-2)16(18(12)32-13)22(27)30-3/h4-9,13,17-19H,10H2,1-3H3/t13-,17+,18+,19-/m1/s1. The van der Waals surface area contributed by atoms with Crippen LogP contribution in [0.4, 0.5) is 0 Å². The molecule has 3 aliphatic heterocycles. The van der Waals surface area contributed by atoms with E-state index in [9.17, 15) is 19.2 Å². The van der Waals surface area contributed by atoms with Gasteiger partial charge in [-0.3, -0.25) is 9.59 Å². The Hall–Kier alpha value is -3.66. The van der Waals surface area contributed by atoms with E-state index in [2.05, 4.69) is 0 Å². The number of nitrogens with zero attached hydrogens (tertiary/aromatic N) is 1. The van der Waals surface area contributed by atoms with Crippen LogP contribution in [0.15, 0.2) is 53.1 Å². The molecule has 168 valence electrons. The van der Waals surface area contributed by atoms with Gasteiger partial charge in [0.05, 0.1) is 32.5 Å². The summed E-state index contributed by atoms with van der Waals surface area (Å²) >= 11 is 0. The van der Waals surface area contributed by atoms with Gasteiger partial charge in [-0.2, -0.15) is 0 Å². The lowest BCUT2D eigenvalue weighted by molar-refractivity contribution is -0.167. The minimum absolute atomic E-state index is 0.0117. The second kappa shape index (κ2) is 8.46. The molecule has 0 unspecified atom stereocenters. The maximum atomic E-state index is 12.8. The van der Waals surface area contributed by atoms with Gasteiger partial charge >= 0.3 is 17.9 Å². The van der Waals surface area contributed by atoms with Gasteiger partial charge in [0, 0.05) is 0 Å². The van der Waals surface area contributed by atoms with Crippen LogP contribution in [-0.4, -0.2) is 80.9 Å². The highest BCUT2D eigenvalue weighted by Gasteiger charge is 2.58. The van der Waals surface area contributed by atoms with Crippen molar-refractivity contribution in [3.05, 3.63) is 53.1 Å². The lowest BCUT2D eigenvalue weighted by Gasteiger charge is -2.47. The molecule has 3 aliphatic rings. The summed E-state index contributed by atoms with van der Waals surface area (Å²) in [5, 5.41) is 0. The predicted octanol–water partition coefficient (Wildman–Crippen LogP) is 0.168. The zero-order valence-corrected chi connectivity index (χ0v) is 17.6. The van der Waals surface area contributed by atoms with Crippen molar-refractivity contribution in [2.75, 3.05) is 27.9 Å². The van der Waals surface area contributed by atoms with Crippen molar-refractivity contribution >= 4 is 23.8 Å². The molecule has 0 aliphatic carbocycles. The first-order valence-electron chi connectivity index (χ1n) is 9.78. The van der Waals surface area contributed by atoms with E-state index in [1.807, 2.05) is 6.07 Å². The van der Waals surface area contributed by atoms with Gasteiger partial charge in [0.25, 0.3) is 5.91 Å². The normalized spacial score (nSPS) is 25.8. The Morgan fingerprint density at radius 1 is 0.969 bits per heavy atom. The maximum absolute atomic E-state index is 12.8. The van der Waals surface area contributed by atoms with Gasteiger partial charge in [-0.05, 0) is 23.8 Å². The summed E-state index contributed by atoms with van der Waals surface area (Å²) in [6.07, 6.45) is -1.09. The maximum Gasteiger partial charge on any atom is 0.337 e. The van der Waals surface area contributed by atoms with E-state index in [0.29, 0.717) is 11.3 Å². The van der Waals surface area contributed by atoms with Gasteiger partial charge in [0.1, 0.15) is 30.5 Å². The van der Waals surface area contributed by atoms with Crippen LogP contribution < -0.4 is 4.74 Å². The van der Waals surface area contributed by atoms with Crippen LogP contribution in [0, 0.1) is 0 Å². The molecule has 1 amide bonds. The molecule has 3 heterocycles. The van der Waals surface area contributed by atoms with Gasteiger partial charge in [0.2, 0.25) is 6.10 Å². The molecular weight excluding hydrogens is 422 g/mol. The van der Waals surface area contributed by atoms with Crippen LogP contribution in [-0.2, 0) is 38.1 Å². The minimum Gasteiger partial charge on any atom is -0.478 e.